The van der Waals surface area contributed by atoms with Gasteiger partial charge < -0.3 is 20.2 Å². The van der Waals surface area contributed by atoms with Gasteiger partial charge in [0.2, 0.25) is 0 Å². The van der Waals surface area contributed by atoms with E-state index in [-0.39, 0.29) is 36.5 Å². The summed E-state index contributed by atoms with van der Waals surface area (Å²) in [6.45, 7) is 12.9. The number of anilines is 1. The number of aromatic nitrogens is 3. The second kappa shape index (κ2) is 9.34. The quantitative estimate of drug-likeness (QED) is 0.618. The van der Waals surface area contributed by atoms with Gasteiger partial charge in [0.05, 0.1) is 17.8 Å². The molecular formula is C24H35N7O3. The molecule has 2 aliphatic heterocycles. The van der Waals surface area contributed by atoms with Crippen LogP contribution in [0.1, 0.15) is 56.4 Å². The van der Waals surface area contributed by atoms with Gasteiger partial charge in [-0.25, -0.2) is 4.79 Å². The van der Waals surface area contributed by atoms with E-state index in [4.69, 9.17) is 0 Å². The molecule has 0 spiro atoms. The molecule has 3 amide bonds. The molecule has 3 atom stereocenters. The highest BCUT2D eigenvalue weighted by atomic mass is 16.3. The van der Waals surface area contributed by atoms with Crippen LogP contribution < -0.4 is 5.32 Å². The van der Waals surface area contributed by atoms with Crippen LogP contribution in [0.15, 0.2) is 24.4 Å². The molecule has 34 heavy (non-hydrogen) atoms. The number of amides is 3. The molecule has 0 aromatic carbocycles. The Morgan fingerprint density at radius 1 is 1.26 bits per heavy atom. The standard InChI is InChI=1S/C24H35N7O3/c1-15(14-32)10-29-11-17(3)30(12-16(29)2)23(34)31-13-18-20(24(31,4)5)27-28-21(18)26-22(33)19-8-6-7-9-25-19/h6-9,15-17,32H,10-14H2,1-5H3,(H2,26,27,28,33)/t15-,16+,17-/m0/s1. The van der Waals surface area contributed by atoms with Crippen molar-refractivity contribution < 1.29 is 14.7 Å². The summed E-state index contributed by atoms with van der Waals surface area (Å²) in [6, 6.07) is 5.38. The third-order valence-corrected chi connectivity index (χ3v) is 7.05. The van der Waals surface area contributed by atoms with E-state index in [1.807, 2.05) is 30.6 Å². The Bertz CT molecular complexity index is 1040. The number of fused-ring (bicyclic) bond motifs is 1. The number of nitrogens with zero attached hydrogens (tertiary/aromatic N) is 5. The number of H-pyrrole nitrogens is 1. The van der Waals surface area contributed by atoms with Gasteiger partial charge in [0, 0.05) is 50.1 Å². The fourth-order valence-corrected chi connectivity index (χ4v) is 4.93. The van der Waals surface area contributed by atoms with Gasteiger partial charge in [0.25, 0.3) is 5.91 Å². The van der Waals surface area contributed by atoms with E-state index in [1.54, 1.807) is 24.4 Å². The number of urea groups is 1. The summed E-state index contributed by atoms with van der Waals surface area (Å²) in [6.07, 6.45) is 1.57. The Hall–Kier alpha value is -2.98. The van der Waals surface area contributed by atoms with Crippen LogP contribution in [0.3, 0.4) is 0 Å². The van der Waals surface area contributed by atoms with E-state index in [9.17, 15) is 14.7 Å². The Balaban J connectivity index is 1.48. The highest BCUT2D eigenvalue weighted by Gasteiger charge is 2.46. The monoisotopic (exact) mass is 469 g/mol. The van der Waals surface area contributed by atoms with Crippen LogP contribution >= 0.6 is 0 Å². The fraction of sp³-hybridized carbons (Fsp3) is 0.583. The maximum absolute atomic E-state index is 13.7. The number of rotatable bonds is 5. The summed E-state index contributed by atoms with van der Waals surface area (Å²) in [5.74, 6) is 0.290. The maximum Gasteiger partial charge on any atom is 0.321 e. The lowest BCUT2D eigenvalue weighted by Gasteiger charge is -2.47. The van der Waals surface area contributed by atoms with Gasteiger partial charge in [-0.2, -0.15) is 5.10 Å². The number of piperazine rings is 1. The van der Waals surface area contributed by atoms with Gasteiger partial charge in [0.15, 0.2) is 5.82 Å². The number of aliphatic hydroxyl groups is 1. The van der Waals surface area contributed by atoms with E-state index < -0.39 is 5.54 Å². The summed E-state index contributed by atoms with van der Waals surface area (Å²) in [5, 5.41) is 19.6. The zero-order chi connectivity index (χ0) is 24.6. The number of aliphatic hydroxyl groups excluding tert-OH is 1. The van der Waals surface area contributed by atoms with Crippen LogP contribution in [0, 0.1) is 5.92 Å². The number of carbonyl (C=O) groups is 2. The summed E-state index contributed by atoms with van der Waals surface area (Å²) in [4.78, 5) is 36.6. The lowest BCUT2D eigenvalue weighted by molar-refractivity contribution is 0.0252. The van der Waals surface area contributed by atoms with Crippen molar-refractivity contribution in [3.63, 3.8) is 0 Å². The Morgan fingerprint density at radius 3 is 2.71 bits per heavy atom. The number of nitrogens with one attached hydrogen (secondary N) is 2. The van der Waals surface area contributed by atoms with Crippen molar-refractivity contribution in [2.75, 3.05) is 31.6 Å². The molecule has 4 rings (SSSR count). The van der Waals surface area contributed by atoms with E-state index in [0.29, 0.717) is 24.6 Å². The summed E-state index contributed by atoms with van der Waals surface area (Å²) in [5.41, 5.74) is 1.35. The maximum atomic E-state index is 13.7. The summed E-state index contributed by atoms with van der Waals surface area (Å²) in [7, 11) is 0. The second-order valence-electron chi connectivity index (χ2n) is 10.1. The lowest BCUT2D eigenvalue weighted by atomic mass is 10.0. The van der Waals surface area contributed by atoms with Gasteiger partial charge in [0.1, 0.15) is 5.69 Å². The van der Waals surface area contributed by atoms with Crippen molar-refractivity contribution in [2.24, 2.45) is 5.92 Å². The molecule has 0 unspecified atom stereocenters. The number of carbonyl (C=O) groups excluding carboxylic acids is 2. The van der Waals surface area contributed by atoms with Crippen molar-refractivity contribution in [1.29, 1.82) is 0 Å². The molecule has 3 N–H and O–H groups in total. The largest absolute Gasteiger partial charge is 0.396 e. The van der Waals surface area contributed by atoms with E-state index in [0.717, 1.165) is 24.3 Å². The van der Waals surface area contributed by atoms with Gasteiger partial charge in [-0.3, -0.25) is 19.8 Å². The minimum absolute atomic E-state index is 0.0224. The molecule has 10 nitrogen and oxygen atoms in total. The number of hydrogen-bond donors (Lipinski definition) is 3. The van der Waals surface area contributed by atoms with Gasteiger partial charge >= 0.3 is 6.03 Å². The molecule has 184 valence electrons. The Kier molecular flexibility index (Phi) is 6.64. The van der Waals surface area contributed by atoms with Crippen molar-refractivity contribution in [3.05, 3.63) is 41.3 Å². The second-order valence-corrected chi connectivity index (χ2v) is 10.1. The first-order valence-corrected chi connectivity index (χ1v) is 11.9. The normalized spacial score (nSPS) is 23.0. The number of aromatic amines is 1. The smallest absolute Gasteiger partial charge is 0.321 e. The van der Waals surface area contributed by atoms with Crippen LogP contribution in [0.25, 0.3) is 0 Å². The van der Waals surface area contributed by atoms with Crippen molar-refractivity contribution >= 4 is 17.8 Å². The molecule has 1 saturated heterocycles. The summed E-state index contributed by atoms with van der Waals surface area (Å²) >= 11 is 0. The Labute approximate surface area is 200 Å². The molecule has 2 aromatic heterocycles. The third kappa shape index (κ3) is 4.39. The minimum atomic E-state index is -0.598. The highest BCUT2D eigenvalue weighted by Crippen LogP contribution is 2.41. The number of hydrogen-bond acceptors (Lipinski definition) is 6. The molecule has 2 aromatic rings. The van der Waals surface area contributed by atoms with Gasteiger partial charge in [-0.15, -0.1) is 0 Å². The molecule has 1 fully saturated rings. The highest BCUT2D eigenvalue weighted by molar-refractivity contribution is 6.02. The fourth-order valence-electron chi connectivity index (χ4n) is 4.93. The predicted molar refractivity (Wildman–Crippen MR) is 128 cm³/mol. The molecular weight excluding hydrogens is 434 g/mol. The lowest BCUT2D eigenvalue weighted by Crippen LogP contribution is -2.62. The molecule has 4 heterocycles. The average molecular weight is 470 g/mol. The average Bonchev–Trinajstić information content (AvgIpc) is 3.33. The van der Waals surface area contributed by atoms with E-state index in [2.05, 4.69) is 39.2 Å². The molecule has 0 bridgehead atoms. The first kappa shape index (κ1) is 24.2. The first-order chi connectivity index (χ1) is 16.1. The zero-order valence-corrected chi connectivity index (χ0v) is 20.6. The minimum Gasteiger partial charge on any atom is -0.396 e. The van der Waals surface area contributed by atoms with E-state index in [1.165, 1.54) is 0 Å². The van der Waals surface area contributed by atoms with Gasteiger partial charge in [-0.05, 0) is 45.7 Å². The summed E-state index contributed by atoms with van der Waals surface area (Å²) < 4.78 is 0. The molecule has 0 radical (unpaired) electrons. The molecule has 10 heteroatoms. The molecule has 0 saturated carbocycles. The van der Waals surface area contributed by atoms with Crippen molar-refractivity contribution in [3.8, 4) is 0 Å². The first-order valence-electron chi connectivity index (χ1n) is 11.9. The topological polar surface area (TPSA) is 118 Å². The van der Waals surface area contributed by atoms with Gasteiger partial charge in [-0.1, -0.05) is 13.0 Å². The van der Waals surface area contributed by atoms with Crippen LogP contribution in [-0.4, -0.2) is 85.3 Å². The SMILES string of the molecule is C[C@H](CO)CN1C[C@H](C)N(C(=O)N2Cc3c(NC(=O)c4ccccn4)n[nH]c3C2(C)C)C[C@H]1C. The number of pyridine rings is 1. The van der Waals surface area contributed by atoms with Crippen LogP contribution in [0.2, 0.25) is 0 Å². The van der Waals surface area contributed by atoms with Crippen LogP contribution in [0.5, 0.6) is 0 Å². The molecule has 2 aliphatic rings. The van der Waals surface area contributed by atoms with Crippen LogP contribution in [0.4, 0.5) is 10.6 Å². The zero-order valence-electron chi connectivity index (χ0n) is 20.6. The van der Waals surface area contributed by atoms with Crippen molar-refractivity contribution in [2.45, 2.75) is 58.8 Å². The predicted octanol–water partition coefficient (Wildman–Crippen LogP) is 2.25. The molecule has 0 aliphatic carbocycles. The van der Waals surface area contributed by atoms with Crippen molar-refractivity contribution in [1.82, 2.24) is 29.9 Å². The van der Waals surface area contributed by atoms with E-state index >= 15 is 0 Å². The Morgan fingerprint density at radius 2 is 2.03 bits per heavy atom. The third-order valence-electron chi connectivity index (χ3n) is 7.05. The van der Waals surface area contributed by atoms with Crippen LogP contribution in [-0.2, 0) is 12.1 Å².